The number of aromatic amines is 1. The second-order valence-electron chi connectivity index (χ2n) is 5.66. The van der Waals surface area contributed by atoms with Gasteiger partial charge >= 0.3 is 0 Å². The topological polar surface area (TPSA) is 15.8 Å². The second-order valence-corrected chi connectivity index (χ2v) is 6.52. The normalized spacial score (nSPS) is 11.9. The molecule has 1 aromatic heterocycles. The van der Waals surface area contributed by atoms with Crippen LogP contribution in [0.25, 0.3) is 43.4 Å². The Morgan fingerprint density at radius 2 is 1.32 bits per heavy atom. The average Bonchev–Trinajstić information content (AvgIpc) is 2.94. The van der Waals surface area contributed by atoms with Crippen LogP contribution < -0.4 is 0 Å². The second kappa shape index (κ2) is 4.34. The summed E-state index contributed by atoms with van der Waals surface area (Å²) in [7, 11) is 0. The molecule has 1 N–H and O–H groups in total. The zero-order chi connectivity index (χ0) is 14.7. The highest BCUT2D eigenvalue weighted by molar-refractivity contribution is 9.10. The Morgan fingerprint density at radius 3 is 2.18 bits per heavy atom. The number of H-pyrrole nitrogens is 1. The Bertz CT molecular complexity index is 1180. The van der Waals surface area contributed by atoms with Gasteiger partial charge in [-0.05, 0) is 33.7 Å². The Balaban J connectivity index is 2.18. The van der Waals surface area contributed by atoms with E-state index in [-0.39, 0.29) is 0 Å². The standard InChI is InChI=1S/C20H12BrN/c21-16-11-18-20(15-8-4-3-7-14(15)16)19-13-6-2-1-5-12(13)9-10-17(19)22-18/h1-11,22H. The maximum Gasteiger partial charge on any atom is 0.0482 e. The molecule has 1 nitrogen and oxygen atoms in total. The molecule has 0 aliphatic carbocycles. The van der Waals surface area contributed by atoms with Crippen molar-refractivity contribution in [2.75, 3.05) is 0 Å². The van der Waals surface area contributed by atoms with Gasteiger partial charge in [-0.25, -0.2) is 0 Å². The van der Waals surface area contributed by atoms with Crippen LogP contribution in [0.3, 0.4) is 0 Å². The van der Waals surface area contributed by atoms with Crippen molar-refractivity contribution >= 4 is 59.3 Å². The highest BCUT2D eigenvalue weighted by atomic mass is 79.9. The molecule has 0 unspecified atom stereocenters. The van der Waals surface area contributed by atoms with Crippen molar-refractivity contribution in [2.24, 2.45) is 0 Å². The van der Waals surface area contributed by atoms with Gasteiger partial charge in [0, 0.05) is 26.3 Å². The molecule has 0 radical (unpaired) electrons. The van der Waals surface area contributed by atoms with Gasteiger partial charge in [0.25, 0.3) is 0 Å². The fourth-order valence-electron chi connectivity index (χ4n) is 3.49. The van der Waals surface area contributed by atoms with Crippen molar-refractivity contribution in [3.05, 3.63) is 71.2 Å². The maximum atomic E-state index is 3.70. The van der Waals surface area contributed by atoms with Crippen molar-refractivity contribution in [3.8, 4) is 0 Å². The average molecular weight is 346 g/mol. The van der Waals surface area contributed by atoms with Gasteiger partial charge < -0.3 is 4.98 Å². The van der Waals surface area contributed by atoms with Crippen molar-refractivity contribution in [1.82, 2.24) is 4.98 Å². The number of fused-ring (bicyclic) bond motifs is 7. The van der Waals surface area contributed by atoms with Crippen LogP contribution in [0.1, 0.15) is 0 Å². The van der Waals surface area contributed by atoms with Crippen LogP contribution in [0.4, 0.5) is 0 Å². The number of nitrogens with one attached hydrogen (secondary N) is 1. The van der Waals surface area contributed by atoms with E-state index in [9.17, 15) is 0 Å². The molecular formula is C20H12BrN. The quantitative estimate of drug-likeness (QED) is 0.334. The minimum Gasteiger partial charge on any atom is -0.354 e. The van der Waals surface area contributed by atoms with Crippen LogP contribution in [-0.2, 0) is 0 Å². The molecule has 0 aliphatic rings. The van der Waals surface area contributed by atoms with Gasteiger partial charge in [-0.2, -0.15) is 0 Å². The van der Waals surface area contributed by atoms with E-state index in [0.29, 0.717) is 0 Å². The van der Waals surface area contributed by atoms with Crippen molar-refractivity contribution in [2.45, 2.75) is 0 Å². The van der Waals surface area contributed by atoms with Crippen LogP contribution >= 0.6 is 15.9 Å². The SMILES string of the molecule is Brc1cc2[nH]c3ccc4ccccc4c3c2c2ccccc12. The predicted molar refractivity (Wildman–Crippen MR) is 98.5 cm³/mol. The summed E-state index contributed by atoms with van der Waals surface area (Å²) in [5.74, 6) is 0. The van der Waals surface area contributed by atoms with E-state index >= 15 is 0 Å². The number of hydrogen-bond acceptors (Lipinski definition) is 0. The maximum absolute atomic E-state index is 3.70. The molecule has 0 amide bonds. The fourth-order valence-corrected chi connectivity index (χ4v) is 4.06. The molecule has 2 heteroatoms. The lowest BCUT2D eigenvalue weighted by molar-refractivity contribution is 1.55. The molecule has 1 heterocycles. The highest BCUT2D eigenvalue weighted by Crippen LogP contribution is 2.39. The Morgan fingerprint density at radius 1 is 0.636 bits per heavy atom. The van der Waals surface area contributed by atoms with Gasteiger partial charge in [-0.3, -0.25) is 0 Å². The first-order valence-corrected chi connectivity index (χ1v) is 8.12. The van der Waals surface area contributed by atoms with E-state index in [0.717, 1.165) is 4.47 Å². The van der Waals surface area contributed by atoms with E-state index < -0.39 is 0 Å². The smallest absolute Gasteiger partial charge is 0.0482 e. The molecule has 0 atom stereocenters. The summed E-state index contributed by atoms with van der Waals surface area (Å²) in [5, 5.41) is 7.75. The van der Waals surface area contributed by atoms with Crippen LogP contribution in [0.2, 0.25) is 0 Å². The minimum absolute atomic E-state index is 1.13. The Labute approximate surface area is 135 Å². The highest BCUT2D eigenvalue weighted by Gasteiger charge is 2.12. The lowest BCUT2D eigenvalue weighted by Crippen LogP contribution is -1.78. The van der Waals surface area contributed by atoms with Crippen molar-refractivity contribution in [3.63, 3.8) is 0 Å². The summed E-state index contributed by atoms with van der Waals surface area (Å²) in [5.41, 5.74) is 2.37. The molecule has 104 valence electrons. The van der Waals surface area contributed by atoms with E-state index in [1.54, 1.807) is 0 Å². The third-order valence-corrected chi connectivity index (χ3v) is 5.10. The first-order chi connectivity index (χ1) is 10.8. The molecule has 0 aliphatic heterocycles. The lowest BCUT2D eigenvalue weighted by atomic mass is 10.00. The molecule has 0 bridgehead atoms. The third kappa shape index (κ3) is 1.53. The van der Waals surface area contributed by atoms with Crippen molar-refractivity contribution in [1.29, 1.82) is 0 Å². The summed E-state index contributed by atoms with van der Waals surface area (Å²) in [4.78, 5) is 3.57. The van der Waals surface area contributed by atoms with E-state index in [4.69, 9.17) is 0 Å². The zero-order valence-electron chi connectivity index (χ0n) is 11.7. The van der Waals surface area contributed by atoms with Gasteiger partial charge in [0.1, 0.15) is 0 Å². The lowest BCUT2D eigenvalue weighted by Gasteiger charge is -2.04. The van der Waals surface area contributed by atoms with Gasteiger partial charge in [0.15, 0.2) is 0 Å². The van der Waals surface area contributed by atoms with Crippen molar-refractivity contribution < 1.29 is 0 Å². The Kier molecular flexibility index (Phi) is 2.42. The number of benzene rings is 4. The van der Waals surface area contributed by atoms with E-state index in [2.05, 4.69) is 87.6 Å². The van der Waals surface area contributed by atoms with E-state index in [1.165, 1.54) is 43.4 Å². The molecule has 5 rings (SSSR count). The molecule has 22 heavy (non-hydrogen) atoms. The number of hydrogen-bond donors (Lipinski definition) is 1. The molecular weight excluding hydrogens is 334 g/mol. The molecule has 4 aromatic carbocycles. The van der Waals surface area contributed by atoms with Gasteiger partial charge in [0.2, 0.25) is 0 Å². The first-order valence-electron chi connectivity index (χ1n) is 7.33. The van der Waals surface area contributed by atoms with Crippen LogP contribution in [0.5, 0.6) is 0 Å². The first kappa shape index (κ1) is 12.2. The molecule has 0 saturated carbocycles. The fraction of sp³-hybridized carbons (Fsp3) is 0. The number of halogens is 1. The summed E-state index contributed by atoms with van der Waals surface area (Å²) >= 11 is 3.70. The monoisotopic (exact) mass is 345 g/mol. The number of aromatic nitrogens is 1. The number of rotatable bonds is 0. The third-order valence-electron chi connectivity index (χ3n) is 4.44. The zero-order valence-corrected chi connectivity index (χ0v) is 13.3. The minimum atomic E-state index is 1.13. The summed E-state index contributed by atoms with van der Waals surface area (Å²) in [6.45, 7) is 0. The van der Waals surface area contributed by atoms with Gasteiger partial charge in [-0.15, -0.1) is 0 Å². The van der Waals surface area contributed by atoms with Crippen LogP contribution in [0.15, 0.2) is 71.2 Å². The molecule has 5 aromatic rings. The summed E-state index contributed by atoms with van der Waals surface area (Å²) < 4.78 is 1.13. The molecule has 0 saturated heterocycles. The molecule has 0 fully saturated rings. The summed E-state index contributed by atoms with van der Waals surface area (Å²) in [6, 6.07) is 23.7. The Hall–Kier alpha value is -2.32. The molecule has 0 spiro atoms. The van der Waals surface area contributed by atoms with Gasteiger partial charge in [-0.1, -0.05) is 70.5 Å². The summed E-state index contributed by atoms with van der Waals surface area (Å²) in [6.07, 6.45) is 0. The van der Waals surface area contributed by atoms with Crippen LogP contribution in [0, 0.1) is 0 Å². The van der Waals surface area contributed by atoms with Crippen LogP contribution in [-0.4, -0.2) is 4.98 Å². The predicted octanol–water partition coefficient (Wildman–Crippen LogP) is 6.39. The van der Waals surface area contributed by atoms with E-state index in [1.807, 2.05) is 0 Å². The van der Waals surface area contributed by atoms with Gasteiger partial charge in [0.05, 0.1) is 0 Å². The largest absolute Gasteiger partial charge is 0.354 e.